The number of nitrogens with zero attached hydrogens (tertiary/aromatic N) is 2. The lowest BCUT2D eigenvalue weighted by molar-refractivity contribution is -0.136. The van der Waals surface area contributed by atoms with Crippen LogP contribution in [0.3, 0.4) is 0 Å². The first kappa shape index (κ1) is 24.0. The van der Waals surface area contributed by atoms with Gasteiger partial charge in [0.15, 0.2) is 5.76 Å². The summed E-state index contributed by atoms with van der Waals surface area (Å²) in [5.74, 6) is -0.282. The molecule has 0 N–H and O–H groups in total. The van der Waals surface area contributed by atoms with Crippen LogP contribution in [0.2, 0.25) is 5.02 Å². The molecule has 0 saturated carbocycles. The molecule has 9 nitrogen and oxygen atoms in total. The number of esters is 2. The minimum absolute atomic E-state index is 0.0423. The molecule has 3 aromatic rings. The molecule has 0 saturated heterocycles. The van der Waals surface area contributed by atoms with Gasteiger partial charge in [0.25, 0.3) is 6.23 Å². The Labute approximate surface area is 205 Å². The summed E-state index contributed by atoms with van der Waals surface area (Å²) < 4.78 is 22.2. The van der Waals surface area contributed by atoms with E-state index in [4.69, 9.17) is 30.2 Å². The van der Waals surface area contributed by atoms with E-state index in [1.807, 2.05) is 0 Å². The predicted octanol–water partition coefficient (Wildman–Crippen LogP) is 4.94. The Bertz CT molecular complexity index is 1310. The number of hydrogen-bond donors (Lipinski definition) is 0. The molecule has 0 aliphatic carbocycles. The van der Waals surface area contributed by atoms with Gasteiger partial charge in [-0.15, -0.1) is 5.10 Å². The van der Waals surface area contributed by atoms with E-state index in [-0.39, 0.29) is 18.3 Å². The van der Waals surface area contributed by atoms with Gasteiger partial charge in [0, 0.05) is 24.4 Å². The highest BCUT2D eigenvalue weighted by Crippen LogP contribution is 2.36. The summed E-state index contributed by atoms with van der Waals surface area (Å²) in [5, 5.41) is 5.76. The lowest BCUT2D eigenvalue weighted by Crippen LogP contribution is -2.24. The maximum Gasteiger partial charge on any atom is 0.338 e. The molecule has 180 valence electrons. The maximum absolute atomic E-state index is 12.3. The highest BCUT2D eigenvalue weighted by atomic mass is 35.5. The summed E-state index contributed by atoms with van der Waals surface area (Å²) in [7, 11) is 0. The summed E-state index contributed by atoms with van der Waals surface area (Å²) in [5.41, 5.74) is 1.44. The van der Waals surface area contributed by atoms with Gasteiger partial charge in [0.1, 0.15) is 11.5 Å². The Morgan fingerprint density at radius 1 is 1.06 bits per heavy atom. The average Bonchev–Trinajstić information content (AvgIpc) is 3.48. The fourth-order valence-corrected chi connectivity index (χ4v) is 3.57. The smallest absolute Gasteiger partial charge is 0.338 e. The van der Waals surface area contributed by atoms with Crippen molar-refractivity contribution in [3.05, 3.63) is 76.5 Å². The third-order valence-corrected chi connectivity index (χ3v) is 5.18. The maximum atomic E-state index is 12.3. The van der Waals surface area contributed by atoms with Crippen molar-refractivity contribution < 1.29 is 33.0 Å². The standard InChI is InChI=1S/C25H21ClN2O7/c1-4-32-25(31)17-7-5-16(6-8-17)20-11-12-22(34-20)24-28(14(2)29)27-23(35-24)19-13-18(26)9-10-21(19)33-15(3)30/h5-13,24H,4H2,1-3H3. The van der Waals surface area contributed by atoms with Crippen LogP contribution in [0.4, 0.5) is 0 Å². The molecule has 0 spiro atoms. The Hall–Kier alpha value is -4.11. The Morgan fingerprint density at radius 3 is 2.46 bits per heavy atom. The van der Waals surface area contributed by atoms with Crippen molar-refractivity contribution in [2.24, 2.45) is 5.10 Å². The topological polar surface area (TPSA) is 108 Å². The van der Waals surface area contributed by atoms with Crippen molar-refractivity contribution in [3.63, 3.8) is 0 Å². The van der Waals surface area contributed by atoms with E-state index in [0.717, 1.165) is 5.01 Å². The number of carbonyl (C=O) groups is 3. The van der Waals surface area contributed by atoms with Crippen molar-refractivity contribution in [3.8, 4) is 17.1 Å². The van der Waals surface area contributed by atoms with E-state index >= 15 is 0 Å². The fourth-order valence-electron chi connectivity index (χ4n) is 3.40. The highest BCUT2D eigenvalue weighted by Gasteiger charge is 2.36. The molecular formula is C25H21ClN2O7. The van der Waals surface area contributed by atoms with Crippen LogP contribution < -0.4 is 4.74 Å². The molecule has 1 aliphatic heterocycles. The van der Waals surface area contributed by atoms with Crippen LogP contribution in [0, 0.1) is 0 Å². The molecule has 2 aromatic carbocycles. The van der Waals surface area contributed by atoms with E-state index in [9.17, 15) is 14.4 Å². The van der Waals surface area contributed by atoms with Gasteiger partial charge in [-0.1, -0.05) is 23.7 Å². The zero-order valence-corrected chi connectivity index (χ0v) is 19.9. The molecule has 1 aliphatic rings. The van der Waals surface area contributed by atoms with Crippen LogP contribution in [-0.2, 0) is 19.1 Å². The predicted molar refractivity (Wildman–Crippen MR) is 126 cm³/mol. The van der Waals surface area contributed by atoms with Crippen LogP contribution in [0.1, 0.15) is 48.7 Å². The summed E-state index contributed by atoms with van der Waals surface area (Å²) in [6.45, 7) is 4.64. The lowest BCUT2D eigenvalue weighted by Gasteiger charge is -2.16. The number of furan rings is 1. The van der Waals surface area contributed by atoms with Crippen molar-refractivity contribution in [1.29, 1.82) is 0 Å². The highest BCUT2D eigenvalue weighted by molar-refractivity contribution is 6.31. The third kappa shape index (κ3) is 5.20. The molecule has 0 bridgehead atoms. The summed E-state index contributed by atoms with van der Waals surface area (Å²) in [6.07, 6.45) is -0.987. The molecule has 10 heteroatoms. The summed E-state index contributed by atoms with van der Waals surface area (Å²) in [6, 6.07) is 14.7. The Balaban J connectivity index is 1.61. The second-order valence-electron chi connectivity index (χ2n) is 7.47. The molecule has 35 heavy (non-hydrogen) atoms. The number of amides is 1. The van der Waals surface area contributed by atoms with Gasteiger partial charge in [0.2, 0.25) is 11.8 Å². The quantitative estimate of drug-likeness (QED) is 0.351. The number of hydrogen-bond acceptors (Lipinski definition) is 8. The summed E-state index contributed by atoms with van der Waals surface area (Å²) in [4.78, 5) is 35.7. The molecule has 0 radical (unpaired) electrons. The number of halogens is 1. The normalized spacial score (nSPS) is 14.8. The summed E-state index contributed by atoms with van der Waals surface area (Å²) >= 11 is 6.12. The Kier molecular flexibility index (Phi) is 6.88. The van der Waals surface area contributed by atoms with E-state index < -0.39 is 24.1 Å². The van der Waals surface area contributed by atoms with Crippen molar-refractivity contribution >= 4 is 35.3 Å². The minimum Gasteiger partial charge on any atom is -0.462 e. The first-order chi connectivity index (χ1) is 16.8. The third-order valence-electron chi connectivity index (χ3n) is 4.94. The van der Waals surface area contributed by atoms with Gasteiger partial charge in [-0.3, -0.25) is 9.59 Å². The van der Waals surface area contributed by atoms with E-state index in [2.05, 4.69) is 5.10 Å². The fraction of sp³-hybridized carbons (Fsp3) is 0.200. The van der Waals surface area contributed by atoms with Crippen molar-refractivity contribution in [1.82, 2.24) is 5.01 Å². The number of benzene rings is 2. The molecule has 4 rings (SSSR count). The number of ether oxygens (including phenoxy) is 3. The lowest BCUT2D eigenvalue weighted by atomic mass is 10.1. The molecule has 0 fully saturated rings. The second kappa shape index (κ2) is 10.0. The molecule has 1 aromatic heterocycles. The van der Waals surface area contributed by atoms with Gasteiger partial charge in [-0.25, -0.2) is 4.79 Å². The molecule has 2 heterocycles. The zero-order chi connectivity index (χ0) is 25.1. The van der Waals surface area contributed by atoms with Crippen LogP contribution in [0.25, 0.3) is 11.3 Å². The van der Waals surface area contributed by atoms with Crippen LogP contribution >= 0.6 is 11.6 Å². The molecule has 1 amide bonds. The van der Waals surface area contributed by atoms with Crippen LogP contribution in [-0.4, -0.2) is 35.4 Å². The first-order valence-corrected chi connectivity index (χ1v) is 11.0. The number of hydrazone groups is 1. The monoisotopic (exact) mass is 496 g/mol. The van der Waals surface area contributed by atoms with E-state index in [1.165, 1.54) is 26.0 Å². The van der Waals surface area contributed by atoms with Crippen molar-refractivity contribution in [2.45, 2.75) is 27.0 Å². The van der Waals surface area contributed by atoms with Crippen LogP contribution in [0.5, 0.6) is 5.75 Å². The second-order valence-corrected chi connectivity index (χ2v) is 7.91. The van der Waals surface area contributed by atoms with Gasteiger partial charge in [-0.05, 0) is 49.4 Å². The van der Waals surface area contributed by atoms with Crippen LogP contribution in [0.15, 0.2) is 64.1 Å². The first-order valence-electron chi connectivity index (χ1n) is 10.7. The number of rotatable bonds is 6. The van der Waals surface area contributed by atoms with Gasteiger partial charge in [-0.2, -0.15) is 5.01 Å². The van der Waals surface area contributed by atoms with Gasteiger partial charge < -0.3 is 18.6 Å². The molecule has 1 atom stereocenters. The van der Waals surface area contributed by atoms with Gasteiger partial charge >= 0.3 is 11.9 Å². The Morgan fingerprint density at radius 2 is 1.80 bits per heavy atom. The van der Waals surface area contributed by atoms with Gasteiger partial charge in [0.05, 0.1) is 17.7 Å². The van der Waals surface area contributed by atoms with E-state index in [0.29, 0.717) is 33.2 Å². The minimum atomic E-state index is -0.987. The molecule has 1 unspecified atom stereocenters. The average molecular weight is 497 g/mol. The number of carbonyl (C=O) groups excluding carboxylic acids is 3. The zero-order valence-electron chi connectivity index (χ0n) is 19.1. The largest absolute Gasteiger partial charge is 0.462 e. The van der Waals surface area contributed by atoms with E-state index in [1.54, 1.807) is 49.4 Å². The molecular weight excluding hydrogens is 476 g/mol. The SMILES string of the molecule is CCOC(=O)c1ccc(-c2ccc(C3OC(c4cc(Cl)ccc4OC(C)=O)=NN3C(C)=O)o2)cc1. The van der Waals surface area contributed by atoms with Crippen molar-refractivity contribution in [2.75, 3.05) is 6.61 Å².